The molecule has 0 aliphatic carbocycles. The maximum absolute atomic E-state index is 10.8. The Hall–Kier alpha value is -0.820. The van der Waals surface area contributed by atoms with Gasteiger partial charge in [-0.1, -0.05) is 0 Å². The molecule has 0 spiro atoms. The lowest BCUT2D eigenvalue weighted by Gasteiger charge is -2.17. The van der Waals surface area contributed by atoms with Crippen LogP contribution in [-0.4, -0.2) is 26.3 Å². The van der Waals surface area contributed by atoms with Crippen LogP contribution < -0.4 is 9.47 Å². The number of benzene rings is 1. The van der Waals surface area contributed by atoms with Crippen LogP contribution in [0.4, 0.5) is 0 Å². The number of carbonyl (C=O) groups excluding carboxylic acids is 1. The van der Waals surface area contributed by atoms with Crippen LogP contribution in [0.25, 0.3) is 0 Å². The van der Waals surface area contributed by atoms with E-state index < -0.39 is 0 Å². The molecule has 1 unspecified atom stereocenters. The summed E-state index contributed by atoms with van der Waals surface area (Å²) in [4.78, 5) is 10.8. The van der Waals surface area contributed by atoms with Crippen molar-refractivity contribution in [2.24, 2.45) is 0 Å². The Bertz CT molecular complexity index is 392. The zero-order valence-corrected chi connectivity index (χ0v) is 12.2. The van der Waals surface area contributed by atoms with Crippen molar-refractivity contribution in [2.75, 3.05) is 13.7 Å². The first kappa shape index (κ1) is 14.2. The lowest BCUT2D eigenvalue weighted by atomic mass is 10.2. The van der Waals surface area contributed by atoms with E-state index in [0.29, 0.717) is 23.7 Å². The molecule has 1 rings (SSSR count). The van der Waals surface area contributed by atoms with Crippen LogP contribution in [0.15, 0.2) is 12.1 Å². The summed E-state index contributed by atoms with van der Waals surface area (Å²) in [6, 6.07) is 3.35. The summed E-state index contributed by atoms with van der Waals surface area (Å²) >= 11 is 2.11. The van der Waals surface area contributed by atoms with Gasteiger partial charge in [-0.25, -0.2) is 0 Å². The molecular weight excluding hydrogens is 335 g/mol. The highest BCUT2D eigenvalue weighted by atomic mass is 127. The predicted molar refractivity (Wildman–Crippen MR) is 72.8 cm³/mol. The van der Waals surface area contributed by atoms with E-state index in [1.807, 2.05) is 6.92 Å². The Kier molecular flexibility index (Phi) is 5.70. The predicted octanol–water partition coefficient (Wildman–Crippen LogP) is 2.87. The van der Waals surface area contributed by atoms with Gasteiger partial charge in [0.1, 0.15) is 17.8 Å². The van der Waals surface area contributed by atoms with Gasteiger partial charge in [0.15, 0.2) is 6.29 Å². The number of halogens is 1. The van der Waals surface area contributed by atoms with Crippen molar-refractivity contribution in [1.29, 1.82) is 0 Å². The summed E-state index contributed by atoms with van der Waals surface area (Å²) < 4.78 is 16.9. The second kappa shape index (κ2) is 6.80. The first-order valence-electron chi connectivity index (χ1n) is 5.23. The highest BCUT2D eigenvalue weighted by Gasteiger charge is 2.13. The summed E-state index contributed by atoms with van der Waals surface area (Å²) in [5, 5.41) is 0. The third-order valence-electron chi connectivity index (χ3n) is 2.08. The van der Waals surface area contributed by atoms with E-state index in [0.717, 1.165) is 9.86 Å². The van der Waals surface area contributed by atoms with Crippen molar-refractivity contribution < 1.29 is 19.0 Å². The molecule has 0 amide bonds. The number of rotatable bonds is 6. The van der Waals surface area contributed by atoms with Gasteiger partial charge in [0.2, 0.25) is 0 Å². The van der Waals surface area contributed by atoms with E-state index in [9.17, 15) is 4.79 Å². The minimum atomic E-state index is -0.361. The van der Waals surface area contributed by atoms with E-state index in [2.05, 4.69) is 22.6 Å². The summed E-state index contributed by atoms with van der Waals surface area (Å²) in [7, 11) is 1.56. The number of hydrogen-bond donors (Lipinski definition) is 0. The van der Waals surface area contributed by atoms with Crippen LogP contribution in [0.1, 0.15) is 24.2 Å². The van der Waals surface area contributed by atoms with Gasteiger partial charge in [-0.3, -0.25) is 4.79 Å². The van der Waals surface area contributed by atoms with E-state index in [1.165, 1.54) is 0 Å². The molecule has 1 aromatic rings. The van der Waals surface area contributed by atoms with Crippen LogP contribution in [0, 0.1) is 3.57 Å². The maximum Gasteiger partial charge on any atom is 0.197 e. The lowest BCUT2D eigenvalue weighted by molar-refractivity contribution is -0.0618. The van der Waals surface area contributed by atoms with E-state index in [-0.39, 0.29) is 6.29 Å². The quantitative estimate of drug-likeness (QED) is 0.450. The smallest absolute Gasteiger partial charge is 0.197 e. The molecule has 1 aromatic carbocycles. The molecule has 5 heteroatoms. The molecule has 17 heavy (non-hydrogen) atoms. The van der Waals surface area contributed by atoms with Crippen LogP contribution >= 0.6 is 22.6 Å². The number of aldehydes is 1. The molecule has 4 nitrogen and oxygen atoms in total. The minimum Gasteiger partial charge on any atom is -0.495 e. The lowest BCUT2D eigenvalue weighted by Crippen LogP contribution is -2.16. The molecule has 1 atom stereocenters. The monoisotopic (exact) mass is 350 g/mol. The van der Waals surface area contributed by atoms with Crippen molar-refractivity contribution in [3.63, 3.8) is 0 Å². The molecule has 94 valence electrons. The van der Waals surface area contributed by atoms with E-state index in [1.54, 1.807) is 26.2 Å². The largest absolute Gasteiger partial charge is 0.495 e. The summed E-state index contributed by atoms with van der Waals surface area (Å²) in [6.07, 6.45) is 0.400. The van der Waals surface area contributed by atoms with Crippen molar-refractivity contribution in [2.45, 2.75) is 20.1 Å². The van der Waals surface area contributed by atoms with Gasteiger partial charge in [0, 0.05) is 12.2 Å². The second-order valence-corrected chi connectivity index (χ2v) is 4.37. The van der Waals surface area contributed by atoms with Gasteiger partial charge >= 0.3 is 0 Å². The Labute approximate surface area is 114 Å². The van der Waals surface area contributed by atoms with Gasteiger partial charge in [-0.15, -0.1) is 0 Å². The van der Waals surface area contributed by atoms with Gasteiger partial charge in [-0.05, 0) is 48.6 Å². The van der Waals surface area contributed by atoms with Gasteiger partial charge in [-0.2, -0.15) is 0 Å². The minimum absolute atomic E-state index is 0.361. The van der Waals surface area contributed by atoms with Crippen LogP contribution in [0.3, 0.4) is 0 Å². The molecule has 0 aromatic heterocycles. The summed E-state index contributed by atoms with van der Waals surface area (Å²) in [6.45, 7) is 4.27. The maximum atomic E-state index is 10.8. The molecule has 0 saturated heterocycles. The zero-order chi connectivity index (χ0) is 12.8. The van der Waals surface area contributed by atoms with Crippen LogP contribution in [0.2, 0.25) is 0 Å². The summed E-state index contributed by atoms with van der Waals surface area (Å²) in [5.74, 6) is 1.21. The van der Waals surface area contributed by atoms with Gasteiger partial charge in [0.25, 0.3) is 0 Å². The van der Waals surface area contributed by atoms with E-state index >= 15 is 0 Å². The standard InChI is InChI=1S/C12H15IO4/c1-4-16-8(2)17-11-6-9(7-14)5-10(15-3)12(11)13/h5-8H,4H2,1-3H3. The number of methoxy groups -OCH3 is 1. The van der Waals surface area contributed by atoms with Gasteiger partial charge in [0.05, 0.1) is 10.7 Å². The second-order valence-electron chi connectivity index (χ2n) is 3.29. The fourth-order valence-corrected chi connectivity index (χ4v) is 2.00. The average molecular weight is 350 g/mol. The number of hydrogen-bond acceptors (Lipinski definition) is 4. The fourth-order valence-electron chi connectivity index (χ4n) is 1.34. The fraction of sp³-hybridized carbons (Fsp3) is 0.417. The number of ether oxygens (including phenoxy) is 3. The zero-order valence-electron chi connectivity index (χ0n) is 10.0. The Morgan fingerprint density at radius 1 is 1.41 bits per heavy atom. The molecule has 0 saturated carbocycles. The molecule has 0 radical (unpaired) electrons. The van der Waals surface area contributed by atoms with Crippen LogP contribution in [0.5, 0.6) is 11.5 Å². The van der Waals surface area contributed by atoms with Crippen molar-refractivity contribution in [3.05, 3.63) is 21.3 Å². The Morgan fingerprint density at radius 3 is 2.59 bits per heavy atom. The molecule has 0 fully saturated rings. The average Bonchev–Trinajstić information content (AvgIpc) is 2.32. The highest BCUT2D eigenvalue weighted by molar-refractivity contribution is 14.1. The Morgan fingerprint density at radius 2 is 2.06 bits per heavy atom. The normalized spacial score (nSPS) is 12.0. The highest BCUT2D eigenvalue weighted by Crippen LogP contribution is 2.32. The van der Waals surface area contributed by atoms with Crippen LogP contribution in [-0.2, 0) is 4.74 Å². The topological polar surface area (TPSA) is 44.8 Å². The van der Waals surface area contributed by atoms with Gasteiger partial charge < -0.3 is 14.2 Å². The molecule has 0 bridgehead atoms. The number of carbonyl (C=O) groups is 1. The van der Waals surface area contributed by atoms with Crippen molar-refractivity contribution in [3.8, 4) is 11.5 Å². The molecule has 0 N–H and O–H groups in total. The van der Waals surface area contributed by atoms with E-state index in [4.69, 9.17) is 14.2 Å². The molecule has 0 aliphatic rings. The Balaban J connectivity index is 3.00. The van der Waals surface area contributed by atoms with Crippen molar-refractivity contribution in [1.82, 2.24) is 0 Å². The molecule has 0 aliphatic heterocycles. The molecule has 0 heterocycles. The first-order valence-corrected chi connectivity index (χ1v) is 6.31. The first-order chi connectivity index (χ1) is 8.12. The summed E-state index contributed by atoms with van der Waals surface area (Å²) in [5.41, 5.74) is 0.515. The SMILES string of the molecule is CCOC(C)Oc1cc(C=O)cc(OC)c1I. The van der Waals surface area contributed by atoms with Crippen molar-refractivity contribution >= 4 is 28.9 Å². The molecular formula is C12H15IO4. The third kappa shape index (κ3) is 3.85. The third-order valence-corrected chi connectivity index (χ3v) is 3.14.